The summed E-state index contributed by atoms with van der Waals surface area (Å²) in [6, 6.07) is 5.31. The molecular weight excluding hydrogens is 253 g/mol. The van der Waals surface area contributed by atoms with Crippen molar-refractivity contribution in [3.63, 3.8) is 0 Å². The van der Waals surface area contributed by atoms with Crippen LogP contribution in [0.15, 0.2) is 24.3 Å². The summed E-state index contributed by atoms with van der Waals surface area (Å²) in [4.78, 5) is 0. The second-order valence-corrected chi connectivity index (χ2v) is 5.21. The molecule has 1 aromatic carbocycles. The molecule has 1 fully saturated rings. The number of ether oxygens (including phenoxy) is 1. The molecule has 1 unspecified atom stereocenters. The maximum Gasteiger partial charge on any atom is 0.488 e. The highest BCUT2D eigenvalue weighted by Gasteiger charge is 2.13. The molecule has 4 nitrogen and oxygen atoms in total. The van der Waals surface area contributed by atoms with Gasteiger partial charge in [-0.3, -0.25) is 0 Å². The van der Waals surface area contributed by atoms with E-state index in [1.807, 2.05) is 12.1 Å². The van der Waals surface area contributed by atoms with Gasteiger partial charge in [-0.1, -0.05) is 18.2 Å². The minimum Gasteiger partial charge on any atom is -0.497 e. The van der Waals surface area contributed by atoms with E-state index in [0.29, 0.717) is 17.1 Å². The number of methoxy groups -OCH3 is 1. The van der Waals surface area contributed by atoms with Gasteiger partial charge in [-0.2, -0.15) is 0 Å². The van der Waals surface area contributed by atoms with Gasteiger partial charge < -0.3 is 20.1 Å². The van der Waals surface area contributed by atoms with Crippen LogP contribution in [-0.2, 0) is 0 Å². The van der Waals surface area contributed by atoms with E-state index >= 15 is 0 Å². The van der Waals surface area contributed by atoms with E-state index in [4.69, 9.17) is 4.74 Å². The molecule has 1 heterocycles. The van der Waals surface area contributed by atoms with Gasteiger partial charge in [-0.05, 0) is 61.4 Å². The van der Waals surface area contributed by atoms with Crippen LogP contribution in [0.4, 0.5) is 0 Å². The van der Waals surface area contributed by atoms with Gasteiger partial charge in [0.2, 0.25) is 0 Å². The molecule has 0 aliphatic carbocycles. The average molecular weight is 275 g/mol. The van der Waals surface area contributed by atoms with Gasteiger partial charge in [-0.25, -0.2) is 0 Å². The fourth-order valence-corrected chi connectivity index (χ4v) is 2.49. The zero-order valence-corrected chi connectivity index (χ0v) is 11.9. The van der Waals surface area contributed by atoms with Gasteiger partial charge in [0.05, 0.1) is 7.11 Å². The highest BCUT2D eigenvalue weighted by molar-refractivity contribution is 6.58. The van der Waals surface area contributed by atoms with E-state index in [1.165, 1.54) is 12.8 Å². The van der Waals surface area contributed by atoms with E-state index in [1.54, 1.807) is 19.2 Å². The van der Waals surface area contributed by atoms with Gasteiger partial charge in [0.1, 0.15) is 5.75 Å². The molecule has 1 aliphatic rings. The number of allylic oxidation sites excluding steroid dienone is 1. The molecule has 0 bridgehead atoms. The second kappa shape index (κ2) is 7.48. The molecule has 20 heavy (non-hydrogen) atoms. The number of nitrogens with one attached hydrogen (secondary N) is 1. The minimum atomic E-state index is -1.47. The summed E-state index contributed by atoms with van der Waals surface area (Å²) in [5, 5.41) is 22.0. The average Bonchev–Trinajstić information content (AvgIpc) is 2.73. The first-order chi connectivity index (χ1) is 9.69. The number of hydrogen-bond donors (Lipinski definition) is 3. The molecule has 108 valence electrons. The van der Waals surface area contributed by atoms with Gasteiger partial charge >= 0.3 is 7.12 Å². The molecule has 1 atom stereocenters. The molecule has 0 amide bonds. The fraction of sp³-hybridized carbons (Fsp3) is 0.467. The van der Waals surface area contributed by atoms with Crippen LogP contribution in [0.1, 0.15) is 24.8 Å². The molecule has 1 aliphatic heterocycles. The normalized spacial score (nSPS) is 19.9. The van der Waals surface area contributed by atoms with Crippen molar-refractivity contribution in [3.05, 3.63) is 29.8 Å². The predicted molar refractivity (Wildman–Crippen MR) is 82.1 cm³/mol. The van der Waals surface area contributed by atoms with Crippen molar-refractivity contribution in [2.24, 2.45) is 5.92 Å². The van der Waals surface area contributed by atoms with Gasteiger partial charge in [-0.15, -0.1) is 0 Å². The Bertz CT molecular complexity index is 454. The Hall–Kier alpha value is -1.30. The molecule has 2 rings (SSSR count). The monoisotopic (exact) mass is 275 g/mol. The maximum absolute atomic E-state index is 9.29. The van der Waals surface area contributed by atoms with Crippen LogP contribution >= 0.6 is 0 Å². The van der Waals surface area contributed by atoms with E-state index in [2.05, 4.69) is 11.4 Å². The van der Waals surface area contributed by atoms with Gasteiger partial charge in [0, 0.05) is 0 Å². The summed E-state index contributed by atoms with van der Waals surface area (Å²) in [6.07, 6.45) is 7.81. The van der Waals surface area contributed by atoms with Crippen molar-refractivity contribution in [3.8, 4) is 5.75 Å². The maximum atomic E-state index is 9.29. The quantitative estimate of drug-likeness (QED) is 0.711. The molecule has 1 aromatic rings. The molecule has 0 aromatic heterocycles. The Labute approximate surface area is 120 Å². The van der Waals surface area contributed by atoms with E-state index in [-0.39, 0.29) is 0 Å². The molecule has 0 radical (unpaired) electrons. The molecule has 3 N–H and O–H groups in total. The minimum absolute atomic E-state index is 0.450. The Kier molecular flexibility index (Phi) is 5.65. The lowest BCUT2D eigenvalue weighted by molar-refractivity contribution is 0.412. The second-order valence-electron chi connectivity index (χ2n) is 5.21. The molecule has 1 saturated heterocycles. The summed E-state index contributed by atoms with van der Waals surface area (Å²) in [5.41, 5.74) is 1.39. The van der Waals surface area contributed by atoms with E-state index in [9.17, 15) is 10.0 Å². The van der Waals surface area contributed by atoms with E-state index in [0.717, 1.165) is 25.1 Å². The summed E-state index contributed by atoms with van der Waals surface area (Å²) in [5.74, 6) is 1.22. The lowest BCUT2D eigenvalue weighted by Gasteiger charge is -2.09. The Morgan fingerprint density at radius 3 is 2.85 bits per heavy atom. The topological polar surface area (TPSA) is 61.7 Å². The third-order valence-corrected chi connectivity index (χ3v) is 3.67. The van der Waals surface area contributed by atoms with Crippen LogP contribution in [0.2, 0.25) is 0 Å². The Morgan fingerprint density at radius 2 is 2.10 bits per heavy atom. The van der Waals surface area contributed by atoms with Crippen molar-refractivity contribution in [1.29, 1.82) is 0 Å². The van der Waals surface area contributed by atoms with Crippen molar-refractivity contribution in [1.82, 2.24) is 5.32 Å². The van der Waals surface area contributed by atoms with Crippen LogP contribution in [0.25, 0.3) is 6.08 Å². The zero-order chi connectivity index (χ0) is 14.4. The van der Waals surface area contributed by atoms with Crippen LogP contribution in [0.5, 0.6) is 5.75 Å². The van der Waals surface area contributed by atoms with Crippen molar-refractivity contribution < 1.29 is 14.8 Å². The smallest absolute Gasteiger partial charge is 0.488 e. The standard InChI is InChI=1S/C15H22BNO3/c1-20-15-10-13(9-14(11-15)16(18)19)5-4-12-3-2-7-17-8-6-12/h4-5,9-12,17-19H,2-3,6-8H2,1H3/b5-4+. The fourth-order valence-electron chi connectivity index (χ4n) is 2.49. The summed E-state index contributed by atoms with van der Waals surface area (Å²) >= 11 is 0. The van der Waals surface area contributed by atoms with E-state index < -0.39 is 7.12 Å². The zero-order valence-electron chi connectivity index (χ0n) is 11.9. The number of benzene rings is 1. The highest BCUT2D eigenvalue weighted by Crippen LogP contribution is 2.18. The third kappa shape index (κ3) is 4.37. The van der Waals surface area contributed by atoms with Crippen molar-refractivity contribution in [2.45, 2.75) is 19.3 Å². The lowest BCUT2D eigenvalue weighted by atomic mass is 9.79. The summed E-state index contributed by atoms with van der Waals surface area (Å²) in [6.45, 7) is 2.16. The highest BCUT2D eigenvalue weighted by atomic mass is 16.5. The van der Waals surface area contributed by atoms with Crippen LogP contribution in [0.3, 0.4) is 0 Å². The molecule has 5 heteroatoms. The first-order valence-corrected chi connectivity index (χ1v) is 7.13. The summed E-state index contributed by atoms with van der Waals surface area (Å²) < 4.78 is 5.19. The lowest BCUT2D eigenvalue weighted by Crippen LogP contribution is -2.29. The van der Waals surface area contributed by atoms with Gasteiger partial charge in [0.25, 0.3) is 0 Å². The third-order valence-electron chi connectivity index (χ3n) is 3.67. The first-order valence-electron chi connectivity index (χ1n) is 7.13. The molecule has 0 saturated carbocycles. The SMILES string of the molecule is COc1cc(/C=C/C2CCCNCC2)cc(B(O)O)c1. The largest absolute Gasteiger partial charge is 0.497 e. The Morgan fingerprint density at radius 1 is 1.25 bits per heavy atom. The van der Waals surface area contributed by atoms with Gasteiger partial charge in [0.15, 0.2) is 0 Å². The molecule has 0 spiro atoms. The Balaban J connectivity index is 2.12. The van der Waals surface area contributed by atoms with Crippen molar-refractivity contribution in [2.75, 3.05) is 20.2 Å². The van der Waals surface area contributed by atoms with Crippen LogP contribution in [-0.4, -0.2) is 37.4 Å². The van der Waals surface area contributed by atoms with Crippen molar-refractivity contribution >= 4 is 18.7 Å². The van der Waals surface area contributed by atoms with Crippen LogP contribution < -0.4 is 15.5 Å². The van der Waals surface area contributed by atoms with Crippen LogP contribution in [0, 0.1) is 5.92 Å². The first kappa shape index (κ1) is 15.1. The summed E-state index contributed by atoms with van der Waals surface area (Å²) in [7, 11) is 0.104. The molecular formula is C15H22BNO3. The number of hydrogen-bond acceptors (Lipinski definition) is 4. The number of rotatable bonds is 4. The predicted octanol–water partition coefficient (Wildman–Crippen LogP) is 0.778.